The largest absolute Gasteiger partial charge is 0.282 e. The standard InChI is InChI=1S/C17H18IN/c1-11-7-5-9-13-15(11)16-12(17(2,3)4)8-6-10-14(16)19(13)18/h5-10H,1-4H3. The van der Waals surface area contributed by atoms with Crippen LogP contribution in [0.5, 0.6) is 0 Å². The molecule has 0 spiro atoms. The van der Waals surface area contributed by atoms with E-state index in [2.05, 4.69) is 89.7 Å². The maximum absolute atomic E-state index is 2.41. The van der Waals surface area contributed by atoms with E-state index in [1.54, 1.807) is 0 Å². The number of benzene rings is 2. The van der Waals surface area contributed by atoms with Crippen LogP contribution < -0.4 is 0 Å². The third kappa shape index (κ3) is 1.88. The summed E-state index contributed by atoms with van der Waals surface area (Å²) in [4.78, 5) is 0. The molecule has 0 atom stereocenters. The van der Waals surface area contributed by atoms with Crippen LogP contribution in [0.3, 0.4) is 0 Å². The number of hydrogen-bond acceptors (Lipinski definition) is 0. The van der Waals surface area contributed by atoms with Crippen molar-refractivity contribution >= 4 is 44.7 Å². The first-order valence-electron chi connectivity index (χ1n) is 6.60. The molecule has 0 aliphatic rings. The van der Waals surface area contributed by atoms with Crippen molar-refractivity contribution < 1.29 is 0 Å². The van der Waals surface area contributed by atoms with Crippen LogP contribution in [0.4, 0.5) is 0 Å². The summed E-state index contributed by atoms with van der Waals surface area (Å²) in [6.07, 6.45) is 0. The zero-order valence-corrected chi connectivity index (χ0v) is 13.9. The van der Waals surface area contributed by atoms with Gasteiger partial charge in [-0.1, -0.05) is 45.0 Å². The van der Waals surface area contributed by atoms with Crippen LogP contribution in [0.2, 0.25) is 0 Å². The number of nitrogens with zero attached hydrogens (tertiary/aromatic N) is 1. The molecule has 19 heavy (non-hydrogen) atoms. The molecule has 0 bridgehead atoms. The molecular weight excluding hydrogens is 345 g/mol. The fourth-order valence-corrected chi connectivity index (χ4v) is 3.67. The Morgan fingerprint density at radius 1 is 0.895 bits per heavy atom. The van der Waals surface area contributed by atoms with Crippen LogP contribution in [-0.2, 0) is 5.41 Å². The molecule has 1 nitrogen and oxygen atoms in total. The first kappa shape index (κ1) is 13.0. The van der Waals surface area contributed by atoms with Gasteiger partial charge in [0.2, 0.25) is 0 Å². The second-order valence-corrected chi connectivity index (χ2v) is 7.16. The van der Waals surface area contributed by atoms with Gasteiger partial charge in [-0.05, 0) is 35.6 Å². The van der Waals surface area contributed by atoms with Crippen LogP contribution in [0.15, 0.2) is 36.4 Å². The minimum atomic E-state index is 0.159. The molecule has 3 aromatic rings. The first-order valence-corrected chi connectivity index (χ1v) is 7.57. The van der Waals surface area contributed by atoms with E-state index in [0.29, 0.717) is 0 Å². The van der Waals surface area contributed by atoms with Crippen molar-refractivity contribution in [3.8, 4) is 0 Å². The van der Waals surface area contributed by atoms with Crippen molar-refractivity contribution in [2.24, 2.45) is 0 Å². The molecule has 0 saturated heterocycles. The summed E-state index contributed by atoms with van der Waals surface area (Å²) in [5.74, 6) is 0. The van der Waals surface area contributed by atoms with E-state index in [-0.39, 0.29) is 5.41 Å². The smallest absolute Gasteiger partial charge is 0.0646 e. The number of fused-ring (bicyclic) bond motifs is 3. The highest BCUT2D eigenvalue weighted by Crippen LogP contribution is 2.39. The molecule has 2 heteroatoms. The third-order valence-electron chi connectivity index (χ3n) is 3.77. The number of aromatic nitrogens is 1. The molecule has 0 N–H and O–H groups in total. The lowest BCUT2D eigenvalue weighted by Gasteiger charge is -2.20. The fourth-order valence-electron chi connectivity index (χ4n) is 2.86. The van der Waals surface area contributed by atoms with Crippen molar-refractivity contribution in [1.29, 1.82) is 0 Å². The third-order valence-corrected chi connectivity index (χ3v) is 4.81. The predicted molar refractivity (Wildman–Crippen MR) is 92.3 cm³/mol. The Bertz CT molecular complexity index is 775. The molecule has 0 amide bonds. The lowest BCUT2D eigenvalue weighted by atomic mass is 9.84. The molecule has 0 radical (unpaired) electrons. The topological polar surface area (TPSA) is 4.93 Å². The summed E-state index contributed by atoms with van der Waals surface area (Å²) >= 11 is 2.41. The van der Waals surface area contributed by atoms with Crippen LogP contribution in [-0.4, -0.2) is 2.78 Å². The van der Waals surface area contributed by atoms with Gasteiger partial charge in [0.15, 0.2) is 0 Å². The second kappa shape index (κ2) is 4.23. The lowest BCUT2D eigenvalue weighted by Crippen LogP contribution is -2.11. The average molecular weight is 363 g/mol. The number of rotatable bonds is 0. The Balaban J connectivity index is 2.63. The molecule has 0 aliphatic carbocycles. The Morgan fingerprint density at radius 2 is 1.47 bits per heavy atom. The molecule has 2 aromatic carbocycles. The van der Waals surface area contributed by atoms with E-state index in [1.807, 2.05) is 0 Å². The van der Waals surface area contributed by atoms with Gasteiger partial charge in [0, 0.05) is 10.8 Å². The van der Waals surface area contributed by atoms with Crippen molar-refractivity contribution in [1.82, 2.24) is 2.78 Å². The maximum atomic E-state index is 2.41. The lowest BCUT2D eigenvalue weighted by molar-refractivity contribution is 0.596. The second-order valence-electron chi connectivity index (χ2n) is 6.20. The van der Waals surface area contributed by atoms with Gasteiger partial charge in [0.1, 0.15) is 0 Å². The molecule has 1 aromatic heterocycles. The zero-order chi connectivity index (χ0) is 13.8. The Labute approximate surface area is 128 Å². The highest BCUT2D eigenvalue weighted by Gasteiger charge is 2.21. The van der Waals surface area contributed by atoms with Crippen molar-refractivity contribution in [2.45, 2.75) is 33.1 Å². The van der Waals surface area contributed by atoms with E-state index in [0.717, 1.165) is 0 Å². The maximum Gasteiger partial charge on any atom is 0.0646 e. The number of aryl methyl sites for hydroxylation is 1. The zero-order valence-electron chi connectivity index (χ0n) is 11.8. The van der Waals surface area contributed by atoms with Crippen LogP contribution >= 0.6 is 22.9 Å². The average Bonchev–Trinajstić information content (AvgIpc) is 2.64. The number of hydrogen-bond donors (Lipinski definition) is 0. The normalized spacial score (nSPS) is 12.5. The summed E-state index contributed by atoms with van der Waals surface area (Å²) < 4.78 is 2.28. The van der Waals surface area contributed by atoms with E-state index < -0.39 is 0 Å². The molecule has 0 aliphatic heterocycles. The summed E-state index contributed by atoms with van der Waals surface area (Å²) in [6.45, 7) is 9.07. The molecule has 0 fully saturated rings. The molecule has 0 unspecified atom stereocenters. The highest BCUT2D eigenvalue weighted by molar-refractivity contribution is 14.1. The Morgan fingerprint density at radius 3 is 2.11 bits per heavy atom. The first-order chi connectivity index (χ1) is 8.91. The van der Waals surface area contributed by atoms with Crippen LogP contribution in [0.25, 0.3) is 21.8 Å². The number of halogens is 1. The summed E-state index contributed by atoms with van der Waals surface area (Å²) in [6, 6.07) is 13.2. The van der Waals surface area contributed by atoms with Gasteiger partial charge in [0.25, 0.3) is 0 Å². The van der Waals surface area contributed by atoms with Crippen molar-refractivity contribution in [3.05, 3.63) is 47.5 Å². The fraction of sp³-hybridized carbons (Fsp3) is 0.294. The van der Waals surface area contributed by atoms with Crippen molar-refractivity contribution in [3.63, 3.8) is 0 Å². The van der Waals surface area contributed by atoms with Gasteiger partial charge in [-0.15, -0.1) is 0 Å². The minimum Gasteiger partial charge on any atom is -0.282 e. The molecular formula is C17H18IN. The van der Waals surface area contributed by atoms with Gasteiger partial charge in [-0.3, -0.25) is 2.78 Å². The van der Waals surface area contributed by atoms with E-state index >= 15 is 0 Å². The van der Waals surface area contributed by atoms with Gasteiger partial charge < -0.3 is 0 Å². The quantitative estimate of drug-likeness (QED) is 0.458. The monoisotopic (exact) mass is 363 g/mol. The van der Waals surface area contributed by atoms with Gasteiger partial charge in [-0.2, -0.15) is 0 Å². The Hall–Kier alpha value is -1.03. The molecule has 0 saturated carbocycles. The predicted octanol–water partition coefficient (Wildman–Crippen LogP) is 5.60. The SMILES string of the molecule is Cc1cccc2c1c1c(C(C)(C)C)cccc1n2I. The molecule has 1 heterocycles. The van der Waals surface area contributed by atoms with E-state index in [9.17, 15) is 0 Å². The van der Waals surface area contributed by atoms with Gasteiger partial charge in [-0.25, -0.2) is 0 Å². The molecule has 3 rings (SSSR count). The van der Waals surface area contributed by atoms with E-state index in [4.69, 9.17) is 0 Å². The van der Waals surface area contributed by atoms with Gasteiger partial charge in [0.05, 0.1) is 33.9 Å². The Kier molecular flexibility index (Phi) is 2.89. The molecule has 98 valence electrons. The van der Waals surface area contributed by atoms with Gasteiger partial charge >= 0.3 is 0 Å². The summed E-state index contributed by atoms with van der Waals surface area (Å²) in [5.41, 5.74) is 5.58. The minimum absolute atomic E-state index is 0.159. The van der Waals surface area contributed by atoms with Crippen molar-refractivity contribution in [2.75, 3.05) is 0 Å². The van der Waals surface area contributed by atoms with Crippen LogP contribution in [0, 0.1) is 6.92 Å². The highest BCUT2D eigenvalue weighted by atomic mass is 127. The van der Waals surface area contributed by atoms with Crippen LogP contribution in [0.1, 0.15) is 31.9 Å². The summed E-state index contributed by atoms with van der Waals surface area (Å²) in [5, 5.41) is 2.81. The summed E-state index contributed by atoms with van der Waals surface area (Å²) in [7, 11) is 0. The van der Waals surface area contributed by atoms with E-state index in [1.165, 1.54) is 32.9 Å².